The van der Waals surface area contributed by atoms with Crippen LogP contribution in [-0.2, 0) is 27.9 Å². The summed E-state index contributed by atoms with van der Waals surface area (Å²) in [6, 6.07) is -0.0909. The maximum atomic E-state index is 12.5. The highest BCUT2D eigenvalue weighted by molar-refractivity contribution is 5.80. The second kappa shape index (κ2) is 6.20. The van der Waals surface area contributed by atoms with Crippen LogP contribution in [0.5, 0.6) is 0 Å². The van der Waals surface area contributed by atoms with Gasteiger partial charge in [-0.3, -0.25) is 9.59 Å². The van der Waals surface area contributed by atoms with E-state index in [0.717, 1.165) is 5.82 Å². The summed E-state index contributed by atoms with van der Waals surface area (Å²) in [5, 5.41) is 0. The van der Waals surface area contributed by atoms with Crippen LogP contribution in [0.25, 0.3) is 0 Å². The van der Waals surface area contributed by atoms with E-state index in [-0.39, 0.29) is 36.0 Å². The van der Waals surface area contributed by atoms with Crippen molar-refractivity contribution in [2.24, 2.45) is 12.5 Å². The minimum absolute atomic E-state index is 0.0376. The number of imidazole rings is 1. The first-order valence-corrected chi connectivity index (χ1v) is 8.39. The molecule has 2 aliphatic rings. The molecular formula is C17H26N4O3. The maximum absolute atomic E-state index is 12.5. The average molecular weight is 334 g/mol. The van der Waals surface area contributed by atoms with Gasteiger partial charge in [0, 0.05) is 39.0 Å². The quantitative estimate of drug-likeness (QED) is 0.820. The van der Waals surface area contributed by atoms with Crippen molar-refractivity contribution in [1.29, 1.82) is 0 Å². The Labute approximate surface area is 142 Å². The van der Waals surface area contributed by atoms with E-state index in [0.29, 0.717) is 26.1 Å². The summed E-state index contributed by atoms with van der Waals surface area (Å²) in [4.78, 5) is 32.8. The molecule has 0 aromatic carbocycles. The van der Waals surface area contributed by atoms with Crippen LogP contribution in [0.2, 0.25) is 0 Å². The highest BCUT2D eigenvalue weighted by Crippen LogP contribution is 2.27. The average Bonchev–Trinajstić information content (AvgIpc) is 3.07. The van der Waals surface area contributed by atoms with Gasteiger partial charge in [0.05, 0.1) is 18.7 Å². The van der Waals surface area contributed by atoms with Crippen LogP contribution in [-0.4, -0.2) is 63.0 Å². The zero-order valence-corrected chi connectivity index (χ0v) is 14.9. The third-order valence-corrected chi connectivity index (χ3v) is 4.65. The Kier molecular flexibility index (Phi) is 4.38. The number of aromatic nitrogens is 2. The second-order valence-corrected chi connectivity index (χ2v) is 7.93. The lowest BCUT2D eigenvalue weighted by molar-refractivity contribution is -0.154. The van der Waals surface area contributed by atoms with Crippen molar-refractivity contribution >= 4 is 11.8 Å². The van der Waals surface area contributed by atoms with Crippen LogP contribution in [0, 0.1) is 5.41 Å². The lowest BCUT2D eigenvalue weighted by Gasteiger charge is -2.36. The number of nitrogens with zero attached hydrogens (tertiary/aromatic N) is 4. The molecule has 2 aliphatic heterocycles. The van der Waals surface area contributed by atoms with Crippen LogP contribution in [0.15, 0.2) is 12.4 Å². The molecule has 2 amide bonds. The van der Waals surface area contributed by atoms with Crippen molar-refractivity contribution in [3.8, 4) is 0 Å². The Morgan fingerprint density at radius 1 is 1.38 bits per heavy atom. The van der Waals surface area contributed by atoms with Gasteiger partial charge in [0.2, 0.25) is 11.8 Å². The van der Waals surface area contributed by atoms with Crippen molar-refractivity contribution in [2.75, 3.05) is 19.7 Å². The second-order valence-electron chi connectivity index (χ2n) is 7.93. The molecule has 7 heteroatoms. The topological polar surface area (TPSA) is 67.7 Å². The van der Waals surface area contributed by atoms with Gasteiger partial charge in [-0.25, -0.2) is 4.98 Å². The first kappa shape index (κ1) is 17.0. The van der Waals surface area contributed by atoms with E-state index in [9.17, 15) is 9.59 Å². The molecule has 3 rings (SSSR count). The lowest BCUT2D eigenvalue weighted by Crippen LogP contribution is -2.53. The first-order chi connectivity index (χ1) is 11.2. The summed E-state index contributed by atoms with van der Waals surface area (Å²) in [6.07, 6.45) is 3.99. The van der Waals surface area contributed by atoms with E-state index in [4.69, 9.17) is 4.74 Å². The van der Waals surface area contributed by atoms with Gasteiger partial charge in [0.25, 0.3) is 0 Å². The molecule has 0 N–H and O–H groups in total. The summed E-state index contributed by atoms with van der Waals surface area (Å²) in [7, 11) is 1.92. The first-order valence-electron chi connectivity index (χ1n) is 8.39. The van der Waals surface area contributed by atoms with Gasteiger partial charge in [0.1, 0.15) is 12.4 Å². The van der Waals surface area contributed by atoms with Gasteiger partial charge in [-0.1, -0.05) is 20.8 Å². The Bertz CT molecular complexity index is 634. The van der Waals surface area contributed by atoms with Crippen LogP contribution >= 0.6 is 0 Å². The molecule has 2 atom stereocenters. The van der Waals surface area contributed by atoms with Gasteiger partial charge in [-0.15, -0.1) is 0 Å². The molecule has 0 aliphatic carbocycles. The number of amides is 2. The van der Waals surface area contributed by atoms with E-state index in [1.165, 1.54) is 0 Å². The highest BCUT2D eigenvalue weighted by Gasteiger charge is 2.45. The monoisotopic (exact) mass is 334 g/mol. The molecule has 1 aromatic heterocycles. The van der Waals surface area contributed by atoms with Crippen molar-refractivity contribution in [3.05, 3.63) is 18.2 Å². The molecule has 0 bridgehead atoms. The molecule has 0 unspecified atom stereocenters. The van der Waals surface area contributed by atoms with Crippen LogP contribution in [0.4, 0.5) is 0 Å². The van der Waals surface area contributed by atoms with Gasteiger partial charge in [-0.05, 0) is 5.41 Å². The number of hydrogen-bond acceptors (Lipinski definition) is 4. The Morgan fingerprint density at radius 3 is 2.75 bits per heavy atom. The third-order valence-electron chi connectivity index (χ3n) is 4.65. The molecule has 3 heterocycles. The van der Waals surface area contributed by atoms with Crippen LogP contribution in [0.3, 0.4) is 0 Å². The highest BCUT2D eigenvalue weighted by atomic mass is 16.5. The molecule has 0 spiro atoms. The number of carbonyl (C=O) groups excluding carboxylic acids is 2. The van der Waals surface area contributed by atoms with Gasteiger partial charge >= 0.3 is 0 Å². The number of hydrogen-bond donors (Lipinski definition) is 0. The Balaban J connectivity index is 1.72. The SMILES string of the molecule is Cn1ccnc1CN1C(=O)CO[C@H]2CN(C(=O)CC(C)(C)C)C[C@H]21. The molecule has 0 saturated carbocycles. The number of ether oxygens (including phenoxy) is 1. The normalized spacial score (nSPS) is 24.4. The fourth-order valence-corrected chi connectivity index (χ4v) is 3.34. The minimum Gasteiger partial charge on any atom is -0.364 e. The summed E-state index contributed by atoms with van der Waals surface area (Å²) < 4.78 is 7.60. The molecular weight excluding hydrogens is 308 g/mol. The van der Waals surface area contributed by atoms with E-state index < -0.39 is 0 Å². The fourth-order valence-electron chi connectivity index (χ4n) is 3.34. The predicted octanol–water partition coefficient (Wildman–Crippen LogP) is 0.794. The summed E-state index contributed by atoms with van der Waals surface area (Å²) in [5.41, 5.74) is -0.0475. The lowest BCUT2D eigenvalue weighted by atomic mass is 9.92. The standard InChI is InChI=1S/C17H26N4O3/c1-17(2,3)7-15(22)20-8-12-13(9-20)24-11-16(23)21(12)10-14-18-5-6-19(14)4/h5-6,12-13H,7-11H2,1-4H3/t12-,13+/m1/s1. The van der Waals surface area contributed by atoms with Gasteiger partial charge < -0.3 is 19.1 Å². The van der Waals surface area contributed by atoms with E-state index in [2.05, 4.69) is 25.8 Å². The Hall–Kier alpha value is -1.89. The van der Waals surface area contributed by atoms with E-state index in [1.54, 1.807) is 6.20 Å². The van der Waals surface area contributed by atoms with Crippen molar-refractivity contribution in [3.63, 3.8) is 0 Å². The largest absolute Gasteiger partial charge is 0.364 e. The molecule has 7 nitrogen and oxygen atoms in total. The van der Waals surface area contributed by atoms with Crippen molar-refractivity contribution in [1.82, 2.24) is 19.4 Å². The number of likely N-dealkylation sites (tertiary alicyclic amines) is 1. The minimum atomic E-state index is -0.105. The molecule has 2 saturated heterocycles. The maximum Gasteiger partial charge on any atom is 0.249 e. The van der Waals surface area contributed by atoms with Gasteiger partial charge in [0.15, 0.2) is 0 Å². The molecule has 24 heavy (non-hydrogen) atoms. The molecule has 0 radical (unpaired) electrons. The number of rotatable bonds is 3. The molecule has 132 valence electrons. The van der Waals surface area contributed by atoms with Crippen LogP contribution < -0.4 is 0 Å². The Morgan fingerprint density at radius 2 is 2.12 bits per heavy atom. The van der Waals surface area contributed by atoms with Crippen LogP contribution in [0.1, 0.15) is 33.0 Å². The van der Waals surface area contributed by atoms with Crippen molar-refractivity contribution < 1.29 is 14.3 Å². The molecule has 2 fully saturated rings. The number of aryl methyl sites for hydroxylation is 1. The smallest absolute Gasteiger partial charge is 0.249 e. The van der Waals surface area contributed by atoms with E-state index in [1.807, 2.05) is 27.6 Å². The van der Waals surface area contributed by atoms with Crippen molar-refractivity contribution in [2.45, 2.75) is 45.9 Å². The zero-order chi connectivity index (χ0) is 17.5. The zero-order valence-electron chi connectivity index (χ0n) is 14.9. The van der Waals surface area contributed by atoms with Gasteiger partial charge in [-0.2, -0.15) is 0 Å². The molecule has 1 aromatic rings. The number of morpholine rings is 1. The summed E-state index contributed by atoms with van der Waals surface area (Å²) in [6.45, 7) is 7.80. The summed E-state index contributed by atoms with van der Waals surface area (Å²) in [5.74, 6) is 0.928. The summed E-state index contributed by atoms with van der Waals surface area (Å²) >= 11 is 0. The van der Waals surface area contributed by atoms with E-state index >= 15 is 0 Å². The fraction of sp³-hybridized carbons (Fsp3) is 0.706. The predicted molar refractivity (Wildman–Crippen MR) is 87.9 cm³/mol. The third kappa shape index (κ3) is 3.45. The number of fused-ring (bicyclic) bond motifs is 1. The number of carbonyl (C=O) groups is 2.